The van der Waals surface area contributed by atoms with E-state index >= 15 is 0 Å². The zero-order valence-electron chi connectivity index (χ0n) is 27.3. The van der Waals surface area contributed by atoms with Gasteiger partial charge in [0, 0.05) is 22.9 Å². The highest BCUT2D eigenvalue weighted by Crippen LogP contribution is 2.46. The van der Waals surface area contributed by atoms with Gasteiger partial charge in [0.2, 0.25) is 0 Å². The highest BCUT2D eigenvalue weighted by atomic mass is 16.6. The maximum Gasteiger partial charge on any atom is 0.410 e. The Morgan fingerprint density at radius 1 is 0.875 bits per heavy atom. The van der Waals surface area contributed by atoms with Gasteiger partial charge < -0.3 is 20.0 Å². The molecule has 1 saturated heterocycles. The van der Waals surface area contributed by atoms with Gasteiger partial charge in [0.25, 0.3) is 0 Å². The van der Waals surface area contributed by atoms with Crippen molar-refractivity contribution in [2.45, 2.75) is 84.7 Å². The smallest absolute Gasteiger partial charge is 0.410 e. The van der Waals surface area contributed by atoms with Crippen molar-refractivity contribution in [2.24, 2.45) is 11.8 Å². The van der Waals surface area contributed by atoms with Gasteiger partial charge in [-0.3, -0.25) is 4.90 Å². The van der Waals surface area contributed by atoms with Crippen LogP contribution in [0.5, 0.6) is 0 Å². The van der Waals surface area contributed by atoms with Crippen molar-refractivity contribution < 1.29 is 9.53 Å². The highest BCUT2D eigenvalue weighted by molar-refractivity contribution is 6.07. The lowest BCUT2D eigenvalue weighted by Gasteiger charge is -2.27. The molecule has 2 unspecified atom stereocenters. The highest BCUT2D eigenvalue weighted by Gasteiger charge is 2.47. The Bertz CT molecular complexity index is 2190. The predicted octanol–water partition coefficient (Wildman–Crippen LogP) is 8.87. The molecule has 2 saturated carbocycles. The third-order valence-electron chi connectivity index (χ3n) is 9.96. The Balaban J connectivity index is 0.00000119. The molecule has 2 aliphatic carbocycles. The number of carbonyl (C=O) groups is 1. The van der Waals surface area contributed by atoms with Crippen LogP contribution in [0.2, 0.25) is 0 Å². The van der Waals surface area contributed by atoms with Crippen molar-refractivity contribution in [1.82, 2.24) is 30.2 Å². The molecular weight excluding hydrogens is 596 g/mol. The van der Waals surface area contributed by atoms with Gasteiger partial charge in [0.1, 0.15) is 17.2 Å². The number of carbonyl (C=O) groups excluding carboxylic acids is 1. The second-order valence-corrected chi connectivity index (χ2v) is 14.5. The van der Waals surface area contributed by atoms with E-state index in [1.165, 1.54) is 29.2 Å². The molecule has 4 aromatic carbocycles. The van der Waals surface area contributed by atoms with E-state index in [-0.39, 0.29) is 19.6 Å². The normalized spacial score (nSPS) is 22.6. The minimum Gasteiger partial charge on any atom is -0.444 e. The lowest BCUT2D eigenvalue weighted by atomic mass is 9.98. The average Bonchev–Trinajstić information content (AvgIpc) is 3.74. The fraction of sp³-hybridized carbons (Fsp3) is 0.375. The third kappa shape index (κ3) is 5.67. The Hall–Kier alpha value is -4.87. The van der Waals surface area contributed by atoms with E-state index in [0.29, 0.717) is 24.5 Å². The van der Waals surface area contributed by atoms with E-state index in [1.54, 1.807) is 0 Å². The summed E-state index contributed by atoms with van der Waals surface area (Å²) in [5.41, 5.74) is 5.83. The molecule has 3 aliphatic rings. The number of aromatic amines is 2. The van der Waals surface area contributed by atoms with Crippen LogP contribution in [0.25, 0.3) is 54.7 Å². The minimum absolute atomic E-state index is 0. The van der Waals surface area contributed by atoms with Gasteiger partial charge in [0.05, 0.1) is 34.7 Å². The van der Waals surface area contributed by atoms with E-state index in [4.69, 9.17) is 14.7 Å². The first kappa shape index (κ1) is 31.7. The van der Waals surface area contributed by atoms with Crippen molar-refractivity contribution in [3.05, 3.63) is 72.3 Å². The Labute approximate surface area is 281 Å². The summed E-state index contributed by atoms with van der Waals surface area (Å²) in [7, 11) is 0. The lowest BCUT2D eigenvalue weighted by Crippen LogP contribution is -2.38. The number of aromatic nitrogens is 4. The number of rotatable bonds is 5. The quantitative estimate of drug-likeness (QED) is 0.164. The first-order valence-corrected chi connectivity index (χ1v) is 16.6. The number of nitrogens with zero attached hydrogens (tertiary/aromatic N) is 3. The lowest BCUT2D eigenvalue weighted by molar-refractivity contribution is 0.0203. The molecule has 8 nitrogen and oxygen atoms in total. The summed E-state index contributed by atoms with van der Waals surface area (Å²) < 4.78 is 5.73. The summed E-state index contributed by atoms with van der Waals surface area (Å²) in [6, 6.07) is 23.1. The number of piperidine rings is 1. The predicted molar refractivity (Wildman–Crippen MR) is 195 cm³/mol. The molecule has 6 aromatic rings. The monoisotopic (exact) mass is 640 g/mol. The number of H-pyrrole nitrogens is 2. The van der Waals surface area contributed by atoms with Crippen LogP contribution in [0.1, 0.15) is 72.1 Å². The van der Waals surface area contributed by atoms with Crippen molar-refractivity contribution in [3.63, 3.8) is 0 Å². The van der Waals surface area contributed by atoms with Crippen LogP contribution >= 0.6 is 0 Å². The maximum absolute atomic E-state index is 13.1. The number of amides is 1. The summed E-state index contributed by atoms with van der Waals surface area (Å²) in [5, 5.41) is 8.30. The summed E-state index contributed by atoms with van der Waals surface area (Å²) in [4.78, 5) is 32.0. The number of ether oxygens (including phenoxy) is 1. The first-order valence-electron chi connectivity index (χ1n) is 16.6. The molecule has 2 aromatic heterocycles. The molecule has 8 heteroatoms. The van der Waals surface area contributed by atoms with Crippen molar-refractivity contribution >= 4 is 49.7 Å². The summed E-state index contributed by atoms with van der Waals surface area (Å²) >= 11 is 0. The van der Waals surface area contributed by atoms with Crippen LogP contribution in [0.3, 0.4) is 0 Å². The third-order valence-corrected chi connectivity index (χ3v) is 9.96. The van der Waals surface area contributed by atoms with E-state index in [9.17, 15) is 4.79 Å². The molecule has 1 amide bonds. The van der Waals surface area contributed by atoms with Gasteiger partial charge in [-0.15, -0.1) is 12.8 Å². The topological polar surface area (TPSA) is 98.9 Å². The standard InChI is InChI=1S/C37H38N6O2.C2H2.CH4/c1-19-13-31(19)43(36(44)45-37(2,3)4)18-32-39-27-11-7-22-14-20(5-9-25(22)33(27)41-32)21-6-10-26-23(15-21)8-12-28-34(26)42-35(40-28)30-17-24-16-29(24)38-30;1-2;/h5-12,14-15,19,24,29-31,38H,13,16-18H2,1-4H3,(H,39,41)(H,40,42);1-2H;1H4/t19?,24-,29-,30+,31?;;/m1../s1. The summed E-state index contributed by atoms with van der Waals surface area (Å²) in [6.45, 7) is 8.29. The second-order valence-electron chi connectivity index (χ2n) is 14.5. The molecular formula is C40H44N6O2. The largest absolute Gasteiger partial charge is 0.444 e. The SMILES string of the molecule is C.C#C.CC1CC1N(Cc1nc2c(ccc3cc(-c4ccc5c(ccc6[nH]c([C@@H]7C[C@H]8C[C@H]8N7)nc65)c4)ccc32)[nH]1)C(=O)OC(C)(C)C. The van der Waals surface area contributed by atoms with Crippen LogP contribution in [-0.2, 0) is 11.3 Å². The van der Waals surface area contributed by atoms with Crippen molar-refractivity contribution in [3.8, 4) is 24.0 Å². The molecule has 1 aliphatic heterocycles. The fourth-order valence-electron chi connectivity index (χ4n) is 7.34. The number of benzene rings is 4. The average molecular weight is 641 g/mol. The van der Waals surface area contributed by atoms with Crippen LogP contribution in [-0.4, -0.2) is 48.6 Å². The van der Waals surface area contributed by atoms with Crippen LogP contribution in [0, 0.1) is 24.7 Å². The molecule has 3 heterocycles. The molecule has 5 atom stereocenters. The van der Waals surface area contributed by atoms with E-state index < -0.39 is 5.60 Å². The molecule has 246 valence electrons. The van der Waals surface area contributed by atoms with Gasteiger partial charge in [-0.05, 0) is 98.0 Å². The minimum atomic E-state index is -0.540. The first-order chi connectivity index (χ1) is 22.7. The van der Waals surface area contributed by atoms with E-state index in [1.807, 2.05) is 25.7 Å². The Morgan fingerprint density at radius 3 is 2.04 bits per heavy atom. The summed E-state index contributed by atoms with van der Waals surface area (Å²) in [5.74, 6) is 3.14. The van der Waals surface area contributed by atoms with Gasteiger partial charge in [-0.1, -0.05) is 50.7 Å². The molecule has 3 fully saturated rings. The molecule has 0 spiro atoms. The maximum atomic E-state index is 13.1. The van der Waals surface area contributed by atoms with Gasteiger partial charge >= 0.3 is 6.09 Å². The number of fused-ring (bicyclic) bond motifs is 7. The number of imidazole rings is 2. The van der Waals surface area contributed by atoms with E-state index in [2.05, 4.69) is 95.7 Å². The van der Waals surface area contributed by atoms with Crippen LogP contribution in [0.15, 0.2) is 60.7 Å². The second kappa shape index (κ2) is 11.7. The summed E-state index contributed by atoms with van der Waals surface area (Å²) in [6.07, 6.45) is 11.2. The zero-order valence-corrected chi connectivity index (χ0v) is 27.3. The van der Waals surface area contributed by atoms with Crippen LogP contribution < -0.4 is 5.32 Å². The van der Waals surface area contributed by atoms with Gasteiger partial charge in [-0.2, -0.15) is 0 Å². The van der Waals surface area contributed by atoms with Crippen molar-refractivity contribution in [1.29, 1.82) is 0 Å². The number of nitrogens with one attached hydrogen (secondary N) is 3. The molecule has 0 radical (unpaired) electrons. The van der Waals surface area contributed by atoms with Crippen LogP contribution in [0.4, 0.5) is 4.79 Å². The Morgan fingerprint density at radius 2 is 1.48 bits per heavy atom. The number of hydrogen-bond donors (Lipinski definition) is 3. The van der Waals surface area contributed by atoms with Gasteiger partial charge in [-0.25, -0.2) is 14.8 Å². The Kier molecular flexibility index (Phi) is 7.71. The van der Waals surface area contributed by atoms with Crippen molar-refractivity contribution in [2.75, 3.05) is 0 Å². The molecule has 0 bridgehead atoms. The molecule has 9 rings (SSSR count). The zero-order chi connectivity index (χ0) is 32.6. The fourth-order valence-corrected chi connectivity index (χ4v) is 7.34. The van der Waals surface area contributed by atoms with E-state index in [0.717, 1.165) is 62.4 Å². The number of terminal acetylenes is 1. The number of hydrogen-bond acceptors (Lipinski definition) is 5. The molecule has 48 heavy (non-hydrogen) atoms. The van der Waals surface area contributed by atoms with Gasteiger partial charge in [0.15, 0.2) is 0 Å². The molecule has 3 N–H and O–H groups in total.